The van der Waals surface area contributed by atoms with E-state index in [1.54, 1.807) is 0 Å². The number of carbonyl (C=O) groups is 2. The molecule has 1 heterocycles. The number of rotatable bonds is 7. The number of likely N-dealkylation sites (tertiary alicyclic amines) is 1. The molecule has 2 aromatic carbocycles. The molecular formula is C23H25FN2O3. The zero-order chi connectivity index (χ0) is 21.0. The summed E-state index contributed by atoms with van der Waals surface area (Å²) in [4.78, 5) is 29.4. The van der Waals surface area contributed by atoms with Gasteiger partial charge in [0.1, 0.15) is 11.6 Å². The SMILES string of the molecule is CCN(CC)CCN1C(=O)C(=O)C(=C(O)c2ccc(F)cc2)[C@@H]1c1ccccc1. The topological polar surface area (TPSA) is 60.9 Å². The number of amides is 1. The first kappa shape index (κ1) is 20.7. The Labute approximate surface area is 170 Å². The van der Waals surface area contributed by atoms with Crippen LogP contribution in [0.4, 0.5) is 4.39 Å². The summed E-state index contributed by atoms with van der Waals surface area (Å²) in [7, 11) is 0. The first-order chi connectivity index (χ1) is 14.0. The molecule has 1 atom stereocenters. The molecule has 0 aliphatic carbocycles. The number of halogens is 1. The molecule has 0 bridgehead atoms. The van der Waals surface area contributed by atoms with Gasteiger partial charge in [0.2, 0.25) is 0 Å². The Morgan fingerprint density at radius 3 is 2.24 bits per heavy atom. The maximum absolute atomic E-state index is 13.3. The number of aliphatic hydroxyl groups is 1. The van der Waals surface area contributed by atoms with Crippen molar-refractivity contribution in [3.63, 3.8) is 0 Å². The largest absolute Gasteiger partial charge is 0.507 e. The van der Waals surface area contributed by atoms with Crippen molar-refractivity contribution in [3.05, 3.63) is 77.1 Å². The van der Waals surface area contributed by atoms with Gasteiger partial charge in [0.15, 0.2) is 0 Å². The lowest BCUT2D eigenvalue weighted by molar-refractivity contribution is -0.140. The van der Waals surface area contributed by atoms with Crippen LogP contribution in [-0.4, -0.2) is 52.8 Å². The van der Waals surface area contributed by atoms with E-state index in [1.165, 1.54) is 29.2 Å². The van der Waals surface area contributed by atoms with Crippen molar-refractivity contribution in [3.8, 4) is 0 Å². The summed E-state index contributed by atoms with van der Waals surface area (Å²) in [6.45, 7) is 6.76. The number of benzene rings is 2. The number of carbonyl (C=O) groups excluding carboxylic acids is 2. The van der Waals surface area contributed by atoms with E-state index in [4.69, 9.17) is 0 Å². The van der Waals surface area contributed by atoms with Gasteiger partial charge in [-0.1, -0.05) is 44.2 Å². The molecule has 29 heavy (non-hydrogen) atoms. The van der Waals surface area contributed by atoms with Crippen LogP contribution in [-0.2, 0) is 9.59 Å². The second-order valence-corrected chi connectivity index (χ2v) is 6.94. The van der Waals surface area contributed by atoms with E-state index < -0.39 is 23.5 Å². The van der Waals surface area contributed by atoms with Crippen LogP contribution < -0.4 is 0 Å². The maximum atomic E-state index is 13.3. The zero-order valence-corrected chi connectivity index (χ0v) is 16.6. The Morgan fingerprint density at radius 1 is 1.03 bits per heavy atom. The van der Waals surface area contributed by atoms with Crippen molar-refractivity contribution in [2.24, 2.45) is 0 Å². The van der Waals surface area contributed by atoms with E-state index in [0.717, 1.165) is 18.7 Å². The van der Waals surface area contributed by atoms with E-state index in [9.17, 15) is 19.1 Å². The van der Waals surface area contributed by atoms with E-state index in [1.807, 2.05) is 44.2 Å². The summed E-state index contributed by atoms with van der Waals surface area (Å²) >= 11 is 0. The highest BCUT2D eigenvalue weighted by Crippen LogP contribution is 2.39. The van der Waals surface area contributed by atoms with Crippen molar-refractivity contribution >= 4 is 17.4 Å². The molecule has 0 unspecified atom stereocenters. The molecule has 1 N–H and O–H groups in total. The fourth-order valence-electron chi connectivity index (χ4n) is 3.64. The van der Waals surface area contributed by atoms with E-state index in [-0.39, 0.29) is 11.3 Å². The standard InChI is InChI=1S/C23H25FN2O3/c1-3-25(4-2)14-15-26-20(16-8-6-5-7-9-16)19(22(28)23(26)29)21(27)17-10-12-18(24)13-11-17/h5-13,20,27H,3-4,14-15H2,1-2H3/t20-/m0/s1. The van der Waals surface area contributed by atoms with Crippen molar-refractivity contribution in [2.45, 2.75) is 19.9 Å². The number of nitrogens with zero attached hydrogens (tertiary/aromatic N) is 2. The molecule has 1 aliphatic heterocycles. The van der Waals surface area contributed by atoms with Gasteiger partial charge in [-0.3, -0.25) is 9.59 Å². The molecule has 0 saturated carbocycles. The molecule has 152 valence electrons. The Balaban J connectivity index is 2.06. The lowest BCUT2D eigenvalue weighted by atomic mass is 9.95. The minimum absolute atomic E-state index is 0.0346. The van der Waals surface area contributed by atoms with Crippen LogP contribution in [0, 0.1) is 5.82 Å². The molecule has 1 fully saturated rings. The summed E-state index contributed by atoms with van der Waals surface area (Å²) in [5.74, 6) is -2.08. The second-order valence-electron chi connectivity index (χ2n) is 6.94. The summed E-state index contributed by atoms with van der Waals surface area (Å²) in [6.07, 6.45) is 0. The minimum Gasteiger partial charge on any atom is -0.507 e. The van der Waals surface area contributed by atoms with Gasteiger partial charge in [0.05, 0.1) is 11.6 Å². The normalized spacial score (nSPS) is 18.6. The Kier molecular flexibility index (Phi) is 6.44. The van der Waals surface area contributed by atoms with Crippen molar-refractivity contribution in [1.82, 2.24) is 9.80 Å². The number of Topliss-reactive ketones (excluding diaryl/α,β-unsaturated/α-hetero) is 1. The number of hydrogen-bond acceptors (Lipinski definition) is 4. The van der Waals surface area contributed by atoms with Gasteiger partial charge in [0.25, 0.3) is 11.7 Å². The van der Waals surface area contributed by atoms with E-state index >= 15 is 0 Å². The number of hydrogen-bond donors (Lipinski definition) is 1. The lowest BCUT2D eigenvalue weighted by Gasteiger charge is -2.28. The predicted molar refractivity (Wildman–Crippen MR) is 110 cm³/mol. The fraction of sp³-hybridized carbons (Fsp3) is 0.304. The fourth-order valence-corrected chi connectivity index (χ4v) is 3.64. The van der Waals surface area contributed by atoms with Gasteiger partial charge in [-0.15, -0.1) is 0 Å². The molecule has 5 nitrogen and oxygen atoms in total. The lowest BCUT2D eigenvalue weighted by Crippen LogP contribution is -2.38. The Hall–Kier alpha value is -2.99. The molecule has 0 spiro atoms. The quantitative estimate of drug-likeness (QED) is 0.441. The van der Waals surface area contributed by atoms with Gasteiger partial charge in [0, 0.05) is 18.7 Å². The van der Waals surface area contributed by atoms with E-state index in [0.29, 0.717) is 18.7 Å². The molecule has 6 heteroatoms. The highest BCUT2D eigenvalue weighted by Gasteiger charge is 2.45. The summed E-state index contributed by atoms with van der Waals surface area (Å²) in [6, 6.07) is 13.7. The second kappa shape index (κ2) is 9.01. The summed E-state index contributed by atoms with van der Waals surface area (Å²) in [5, 5.41) is 10.9. The third-order valence-corrected chi connectivity index (χ3v) is 5.32. The van der Waals surface area contributed by atoms with Gasteiger partial charge in [-0.25, -0.2) is 4.39 Å². The third-order valence-electron chi connectivity index (χ3n) is 5.32. The van der Waals surface area contributed by atoms with Crippen LogP contribution in [0.2, 0.25) is 0 Å². The Morgan fingerprint density at radius 2 is 1.66 bits per heavy atom. The molecule has 0 aromatic heterocycles. The predicted octanol–water partition coefficient (Wildman–Crippen LogP) is 3.59. The molecule has 2 aromatic rings. The highest BCUT2D eigenvalue weighted by atomic mass is 19.1. The third kappa shape index (κ3) is 4.22. The molecule has 3 rings (SSSR count). The summed E-state index contributed by atoms with van der Waals surface area (Å²) < 4.78 is 13.3. The Bertz CT molecular complexity index is 905. The monoisotopic (exact) mass is 396 g/mol. The summed E-state index contributed by atoms with van der Waals surface area (Å²) in [5.41, 5.74) is 1.08. The average molecular weight is 396 g/mol. The molecule has 1 amide bonds. The van der Waals surface area contributed by atoms with Crippen LogP contribution in [0.25, 0.3) is 5.76 Å². The average Bonchev–Trinajstić information content (AvgIpc) is 3.00. The van der Waals surface area contributed by atoms with Gasteiger partial charge < -0.3 is 14.9 Å². The van der Waals surface area contributed by atoms with Crippen LogP contribution in [0.1, 0.15) is 31.0 Å². The van der Waals surface area contributed by atoms with Crippen molar-refractivity contribution in [1.29, 1.82) is 0 Å². The number of aliphatic hydroxyl groups excluding tert-OH is 1. The van der Waals surface area contributed by atoms with Crippen LogP contribution >= 0.6 is 0 Å². The smallest absolute Gasteiger partial charge is 0.295 e. The van der Waals surface area contributed by atoms with Crippen LogP contribution in [0.5, 0.6) is 0 Å². The molecular weight excluding hydrogens is 371 g/mol. The molecule has 1 aliphatic rings. The zero-order valence-electron chi connectivity index (χ0n) is 16.6. The number of likely N-dealkylation sites (N-methyl/N-ethyl adjacent to an activating group) is 1. The van der Waals surface area contributed by atoms with Crippen molar-refractivity contribution in [2.75, 3.05) is 26.2 Å². The first-order valence-electron chi connectivity index (χ1n) is 9.79. The first-order valence-corrected chi connectivity index (χ1v) is 9.79. The van der Waals surface area contributed by atoms with Gasteiger partial charge in [-0.05, 0) is 42.9 Å². The molecule has 0 radical (unpaired) electrons. The van der Waals surface area contributed by atoms with Crippen LogP contribution in [0.3, 0.4) is 0 Å². The highest BCUT2D eigenvalue weighted by molar-refractivity contribution is 6.46. The van der Waals surface area contributed by atoms with Crippen molar-refractivity contribution < 1.29 is 19.1 Å². The van der Waals surface area contributed by atoms with Gasteiger partial charge in [-0.2, -0.15) is 0 Å². The number of ketones is 1. The van der Waals surface area contributed by atoms with E-state index in [2.05, 4.69) is 4.90 Å². The van der Waals surface area contributed by atoms with Crippen LogP contribution in [0.15, 0.2) is 60.2 Å². The maximum Gasteiger partial charge on any atom is 0.295 e. The minimum atomic E-state index is -0.722. The van der Waals surface area contributed by atoms with Gasteiger partial charge >= 0.3 is 0 Å². The molecule has 1 saturated heterocycles.